The lowest BCUT2D eigenvalue weighted by atomic mass is 10.0. The van der Waals surface area contributed by atoms with Crippen molar-refractivity contribution in [2.75, 3.05) is 0 Å². The summed E-state index contributed by atoms with van der Waals surface area (Å²) in [5.41, 5.74) is 2.78. The van der Waals surface area contributed by atoms with Crippen molar-refractivity contribution in [1.82, 2.24) is 0 Å². The zero-order valence-corrected chi connectivity index (χ0v) is 19.3. The SMILES string of the molecule is C/C=C\c1ccccc1Oc1cccc(Oc2ccccc2/C=C\C)c1C(=O)c1ccccc1. The zero-order chi connectivity index (χ0) is 23.8. The third-order valence-electron chi connectivity index (χ3n) is 5.22. The van der Waals surface area contributed by atoms with E-state index in [0.29, 0.717) is 34.1 Å². The van der Waals surface area contributed by atoms with Crippen molar-refractivity contribution in [2.45, 2.75) is 13.8 Å². The summed E-state index contributed by atoms with van der Waals surface area (Å²) < 4.78 is 12.7. The molecule has 0 aromatic heterocycles. The summed E-state index contributed by atoms with van der Waals surface area (Å²) in [6.45, 7) is 3.91. The van der Waals surface area contributed by atoms with E-state index in [2.05, 4.69) is 0 Å². The Labute approximate surface area is 200 Å². The fourth-order valence-electron chi connectivity index (χ4n) is 3.66. The quantitative estimate of drug-likeness (QED) is 0.254. The molecule has 0 aliphatic rings. The Morgan fingerprint density at radius 2 is 1.00 bits per heavy atom. The highest BCUT2D eigenvalue weighted by Gasteiger charge is 2.22. The molecule has 0 aliphatic heterocycles. The molecule has 0 radical (unpaired) electrons. The van der Waals surface area contributed by atoms with Gasteiger partial charge in [-0.3, -0.25) is 4.79 Å². The average Bonchev–Trinajstić information content (AvgIpc) is 2.87. The van der Waals surface area contributed by atoms with Gasteiger partial charge in [-0.1, -0.05) is 97.1 Å². The van der Waals surface area contributed by atoms with E-state index >= 15 is 0 Å². The smallest absolute Gasteiger partial charge is 0.200 e. The molecule has 0 bridgehead atoms. The zero-order valence-electron chi connectivity index (χ0n) is 19.3. The van der Waals surface area contributed by atoms with Crippen molar-refractivity contribution in [3.63, 3.8) is 0 Å². The molecule has 168 valence electrons. The molecule has 4 aromatic carbocycles. The third kappa shape index (κ3) is 5.16. The lowest BCUT2D eigenvalue weighted by Crippen LogP contribution is -2.06. The molecule has 3 heteroatoms. The van der Waals surface area contributed by atoms with E-state index in [0.717, 1.165) is 11.1 Å². The predicted molar refractivity (Wildman–Crippen MR) is 139 cm³/mol. The molecule has 0 aliphatic carbocycles. The molecular weight excluding hydrogens is 420 g/mol. The summed E-state index contributed by atoms with van der Waals surface area (Å²) in [6, 6.07) is 30.1. The van der Waals surface area contributed by atoms with Crippen molar-refractivity contribution in [3.05, 3.63) is 131 Å². The van der Waals surface area contributed by atoms with Crippen LogP contribution >= 0.6 is 0 Å². The van der Waals surface area contributed by atoms with Gasteiger partial charge in [0, 0.05) is 16.7 Å². The number of carbonyl (C=O) groups excluding carboxylic acids is 1. The lowest BCUT2D eigenvalue weighted by Gasteiger charge is -2.17. The maximum atomic E-state index is 13.7. The van der Waals surface area contributed by atoms with Crippen molar-refractivity contribution in [1.29, 1.82) is 0 Å². The number of carbonyl (C=O) groups is 1. The van der Waals surface area contributed by atoms with Crippen molar-refractivity contribution < 1.29 is 14.3 Å². The van der Waals surface area contributed by atoms with Crippen LogP contribution in [0.4, 0.5) is 0 Å². The monoisotopic (exact) mass is 446 g/mol. The van der Waals surface area contributed by atoms with Crippen molar-refractivity contribution in [3.8, 4) is 23.0 Å². The number of para-hydroxylation sites is 2. The minimum absolute atomic E-state index is 0.168. The van der Waals surface area contributed by atoms with Gasteiger partial charge in [0.2, 0.25) is 5.78 Å². The van der Waals surface area contributed by atoms with Crippen LogP contribution < -0.4 is 9.47 Å². The Bertz CT molecular complexity index is 1260. The molecule has 0 unspecified atom stereocenters. The Morgan fingerprint density at radius 3 is 1.50 bits per heavy atom. The number of ketones is 1. The minimum Gasteiger partial charge on any atom is -0.456 e. The lowest BCUT2D eigenvalue weighted by molar-refractivity contribution is 0.103. The summed E-state index contributed by atoms with van der Waals surface area (Å²) in [6.07, 6.45) is 7.86. The highest BCUT2D eigenvalue weighted by Crippen LogP contribution is 2.38. The van der Waals surface area contributed by atoms with E-state index < -0.39 is 0 Å². The van der Waals surface area contributed by atoms with Gasteiger partial charge in [0.1, 0.15) is 28.6 Å². The first-order chi connectivity index (χ1) is 16.7. The van der Waals surface area contributed by atoms with E-state index in [-0.39, 0.29) is 5.78 Å². The van der Waals surface area contributed by atoms with Gasteiger partial charge in [0.05, 0.1) is 0 Å². The van der Waals surface area contributed by atoms with Crippen molar-refractivity contribution >= 4 is 17.9 Å². The van der Waals surface area contributed by atoms with Crippen molar-refractivity contribution in [2.24, 2.45) is 0 Å². The molecular formula is C31H26O3. The molecule has 4 rings (SSSR count). The summed E-state index contributed by atoms with van der Waals surface area (Å²) in [5.74, 6) is 2.03. The minimum atomic E-state index is -0.168. The Hall–Kier alpha value is -4.37. The van der Waals surface area contributed by atoms with Crippen LogP contribution in [0.1, 0.15) is 40.9 Å². The Morgan fingerprint density at radius 1 is 0.559 bits per heavy atom. The summed E-state index contributed by atoms with van der Waals surface area (Å²) in [5, 5.41) is 0. The highest BCUT2D eigenvalue weighted by atomic mass is 16.5. The van der Waals surface area contributed by atoms with Crippen LogP contribution in [0.25, 0.3) is 12.2 Å². The molecule has 0 heterocycles. The molecule has 0 spiro atoms. The van der Waals surface area contributed by atoms with E-state index in [9.17, 15) is 4.79 Å². The van der Waals surface area contributed by atoms with E-state index in [1.165, 1.54) is 0 Å². The van der Waals surface area contributed by atoms with Gasteiger partial charge in [0.15, 0.2) is 0 Å². The molecule has 0 fully saturated rings. The van der Waals surface area contributed by atoms with Crippen LogP contribution in [0.2, 0.25) is 0 Å². The molecule has 0 atom stereocenters. The molecule has 34 heavy (non-hydrogen) atoms. The van der Waals surface area contributed by atoms with Crippen LogP contribution in [-0.2, 0) is 0 Å². The average molecular weight is 447 g/mol. The topological polar surface area (TPSA) is 35.5 Å². The van der Waals surface area contributed by atoms with Crippen LogP contribution in [0.15, 0.2) is 109 Å². The molecule has 3 nitrogen and oxygen atoms in total. The van der Waals surface area contributed by atoms with Crippen LogP contribution in [0, 0.1) is 0 Å². The summed E-state index contributed by atoms with van der Waals surface area (Å²) >= 11 is 0. The predicted octanol–water partition coefficient (Wildman–Crippen LogP) is 8.57. The van der Waals surface area contributed by atoms with Gasteiger partial charge in [-0.2, -0.15) is 0 Å². The van der Waals surface area contributed by atoms with Crippen LogP contribution in [-0.4, -0.2) is 5.78 Å². The number of rotatable bonds is 8. The molecule has 0 saturated heterocycles. The second-order valence-electron chi connectivity index (χ2n) is 7.60. The Kier molecular flexibility index (Phi) is 7.36. The number of hydrogen-bond acceptors (Lipinski definition) is 3. The number of hydrogen-bond donors (Lipinski definition) is 0. The van der Waals surface area contributed by atoms with Gasteiger partial charge >= 0.3 is 0 Å². The van der Waals surface area contributed by atoms with Gasteiger partial charge < -0.3 is 9.47 Å². The summed E-state index contributed by atoms with van der Waals surface area (Å²) in [7, 11) is 0. The fraction of sp³-hybridized carbons (Fsp3) is 0.0645. The maximum Gasteiger partial charge on any atom is 0.200 e. The number of allylic oxidation sites excluding steroid dienone is 2. The Balaban J connectivity index is 1.84. The highest BCUT2D eigenvalue weighted by molar-refractivity contribution is 6.12. The normalized spacial score (nSPS) is 11.1. The van der Waals surface area contributed by atoms with Gasteiger partial charge in [-0.25, -0.2) is 0 Å². The van der Waals surface area contributed by atoms with Gasteiger partial charge in [-0.05, 0) is 38.1 Å². The standard InChI is InChI=1S/C31H26O3/c1-3-13-23-15-8-10-19-26(23)33-28-21-12-22-29(30(28)31(32)25-17-6-5-7-18-25)34-27-20-11-9-16-24(27)14-4-2/h3-22H,1-2H3/b13-3-,14-4-. The first-order valence-electron chi connectivity index (χ1n) is 11.2. The first kappa shape index (κ1) is 22.8. The second kappa shape index (κ2) is 11.0. The molecule has 0 amide bonds. The van der Waals surface area contributed by atoms with Crippen LogP contribution in [0.3, 0.4) is 0 Å². The first-order valence-corrected chi connectivity index (χ1v) is 11.2. The van der Waals surface area contributed by atoms with Gasteiger partial charge in [0.25, 0.3) is 0 Å². The van der Waals surface area contributed by atoms with E-state index in [4.69, 9.17) is 9.47 Å². The van der Waals surface area contributed by atoms with Crippen LogP contribution in [0.5, 0.6) is 23.0 Å². The summed E-state index contributed by atoms with van der Waals surface area (Å²) in [4.78, 5) is 13.7. The van der Waals surface area contributed by atoms with E-state index in [1.54, 1.807) is 24.3 Å². The molecule has 0 N–H and O–H groups in total. The molecule has 0 saturated carbocycles. The third-order valence-corrected chi connectivity index (χ3v) is 5.22. The van der Waals surface area contributed by atoms with Gasteiger partial charge in [-0.15, -0.1) is 0 Å². The van der Waals surface area contributed by atoms with E-state index in [1.807, 2.05) is 111 Å². The fourth-order valence-corrected chi connectivity index (χ4v) is 3.66. The number of benzene rings is 4. The number of ether oxygens (including phenoxy) is 2. The molecule has 4 aromatic rings. The largest absolute Gasteiger partial charge is 0.456 e. The second-order valence-corrected chi connectivity index (χ2v) is 7.60. The maximum absolute atomic E-state index is 13.7.